The van der Waals surface area contributed by atoms with Gasteiger partial charge in [-0.1, -0.05) is 35.3 Å². The van der Waals surface area contributed by atoms with Crippen molar-refractivity contribution in [1.82, 2.24) is 0 Å². The molecule has 2 aromatic carbocycles. The first-order valence-electron chi connectivity index (χ1n) is 8.72. The predicted octanol–water partition coefficient (Wildman–Crippen LogP) is 4.29. The molecule has 2 amide bonds. The minimum absolute atomic E-state index is 0.00368. The molecule has 0 spiro atoms. The molecule has 0 atom stereocenters. The Balaban J connectivity index is 1.69. The minimum atomic E-state index is -0.580. The number of ether oxygens (including phenoxy) is 2. The second-order valence-corrected chi connectivity index (χ2v) is 6.78. The molecule has 0 aromatic heterocycles. The number of carbonyl (C=O) groups excluding carboxylic acids is 3. The lowest BCUT2D eigenvalue weighted by Crippen LogP contribution is -2.21. The molecule has 0 aliphatic carbocycles. The quantitative estimate of drug-likeness (QED) is 0.569. The summed E-state index contributed by atoms with van der Waals surface area (Å²) in [5.41, 5.74) is 0.882. The molecule has 0 aliphatic heterocycles. The summed E-state index contributed by atoms with van der Waals surface area (Å²) in [7, 11) is 1.46. The van der Waals surface area contributed by atoms with Gasteiger partial charge in [-0.25, -0.2) is 0 Å². The lowest BCUT2D eigenvalue weighted by atomic mass is 10.2. The number of para-hydroxylation sites is 1. The van der Waals surface area contributed by atoms with Gasteiger partial charge >= 0.3 is 5.97 Å². The van der Waals surface area contributed by atoms with E-state index in [4.69, 9.17) is 32.7 Å². The zero-order valence-electron chi connectivity index (χ0n) is 15.7. The van der Waals surface area contributed by atoms with Gasteiger partial charge in [0.15, 0.2) is 6.61 Å². The first-order valence-corrected chi connectivity index (χ1v) is 9.48. The van der Waals surface area contributed by atoms with Crippen LogP contribution in [0.15, 0.2) is 42.5 Å². The van der Waals surface area contributed by atoms with Crippen LogP contribution in [-0.2, 0) is 19.1 Å². The van der Waals surface area contributed by atoms with Crippen LogP contribution in [0.3, 0.4) is 0 Å². The van der Waals surface area contributed by atoms with Crippen molar-refractivity contribution in [2.75, 3.05) is 24.4 Å². The molecule has 2 N–H and O–H groups in total. The number of carbonyl (C=O) groups is 3. The van der Waals surface area contributed by atoms with Crippen LogP contribution in [0.25, 0.3) is 0 Å². The Labute approximate surface area is 178 Å². The molecule has 2 aromatic rings. The Morgan fingerprint density at radius 3 is 2.38 bits per heavy atom. The van der Waals surface area contributed by atoms with Gasteiger partial charge in [-0.2, -0.15) is 0 Å². The number of benzene rings is 2. The Kier molecular flexibility index (Phi) is 8.76. The van der Waals surface area contributed by atoms with Gasteiger partial charge in [-0.05, 0) is 36.8 Å². The first kappa shape index (κ1) is 22.5. The molecule has 0 saturated carbocycles. The summed E-state index contributed by atoms with van der Waals surface area (Å²) < 4.78 is 10.0. The van der Waals surface area contributed by atoms with Crippen molar-refractivity contribution in [1.29, 1.82) is 0 Å². The molecule has 0 saturated heterocycles. The molecule has 154 valence electrons. The minimum Gasteiger partial charge on any atom is -0.495 e. The maximum atomic E-state index is 11.9. The highest BCUT2D eigenvalue weighted by Gasteiger charge is 2.12. The van der Waals surface area contributed by atoms with Crippen LogP contribution in [0.5, 0.6) is 5.75 Å². The zero-order valence-corrected chi connectivity index (χ0v) is 17.2. The van der Waals surface area contributed by atoms with Crippen LogP contribution in [0.1, 0.15) is 19.3 Å². The fraction of sp³-hybridized carbons (Fsp3) is 0.250. The lowest BCUT2D eigenvalue weighted by molar-refractivity contribution is -0.147. The summed E-state index contributed by atoms with van der Waals surface area (Å²) >= 11 is 11.9. The third-order valence-corrected chi connectivity index (χ3v) is 4.30. The number of nitrogens with one attached hydrogen (secondary N) is 2. The normalized spacial score (nSPS) is 10.2. The van der Waals surface area contributed by atoms with E-state index < -0.39 is 18.5 Å². The highest BCUT2D eigenvalue weighted by molar-refractivity contribution is 6.33. The number of amides is 2. The van der Waals surface area contributed by atoms with E-state index in [1.807, 2.05) is 0 Å². The van der Waals surface area contributed by atoms with Crippen LogP contribution in [-0.4, -0.2) is 31.5 Å². The molecule has 29 heavy (non-hydrogen) atoms. The lowest BCUT2D eigenvalue weighted by Gasteiger charge is -2.11. The van der Waals surface area contributed by atoms with Crippen molar-refractivity contribution in [2.45, 2.75) is 19.3 Å². The summed E-state index contributed by atoms with van der Waals surface area (Å²) in [6, 6.07) is 11.6. The molecule has 0 heterocycles. The van der Waals surface area contributed by atoms with Gasteiger partial charge in [0.1, 0.15) is 5.75 Å². The second kappa shape index (κ2) is 11.3. The second-order valence-electron chi connectivity index (χ2n) is 5.94. The van der Waals surface area contributed by atoms with Gasteiger partial charge in [-0.15, -0.1) is 0 Å². The summed E-state index contributed by atoms with van der Waals surface area (Å²) in [5, 5.41) is 6.09. The smallest absolute Gasteiger partial charge is 0.306 e. The monoisotopic (exact) mass is 438 g/mol. The molecular formula is C20H20Cl2N2O5. The van der Waals surface area contributed by atoms with E-state index in [1.54, 1.807) is 36.4 Å². The summed E-state index contributed by atoms with van der Waals surface area (Å²) in [4.78, 5) is 35.6. The average Bonchev–Trinajstić information content (AvgIpc) is 2.68. The third-order valence-electron chi connectivity index (χ3n) is 3.73. The van der Waals surface area contributed by atoms with Crippen molar-refractivity contribution in [3.05, 3.63) is 52.5 Å². The molecule has 0 radical (unpaired) electrons. The molecular weight excluding hydrogens is 419 g/mol. The number of hydrogen-bond acceptors (Lipinski definition) is 5. The van der Waals surface area contributed by atoms with Gasteiger partial charge in [0, 0.05) is 17.9 Å². The van der Waals surface area contributed by atoms with E-state index in [2.05, 4.69) is 10.6 Å². The van der Waals surface area contributed by atoms with Crippen molar-refractivity contribution in [3.63, 3.8) is 0 Å². The Bertz CT molecular complexity index is 889. The highest BCUT2D eigenvalue weighted by atomic mass is 35.5. The van der Waals surface area contributed by atoms with Gasteiger partial charge in [0.25, 0.3) is 5.91 Å². The fourth-order valence-corrected chi connectivity index (χ4v) is 2.71. The maximum absolute atomic E-state index is 11.9. The first-order chi connectivity index (χ1) is 13.9. The van der Waals surface area contributed by atoms with Crippen molar-refractivity contribution in [2.24, 2.45) is 0 Å². The van der Waals surface area contributed by atoms with Crippen LogP contribution in [0.4, 0.5) is 11.4 Å². The summed E-state index contributed by atoms with van der Waals surface area (Å²) in [6.07, 6.45) is 0.398. The van der Waals surface area contributed by atoms with Crippen LogP contribution < -0.4 is 15.4 Å². The van der Waals surface area contributed by atoms with Crippen molar-refractivity contribution in [3.8, 4) is 5.75 Å². The molecule has 0 fully saturated rings. The predicted molar refractivity (Wildman–Crippen MR) is 112 cm³/mol. The van der Waals surface area contributed by atoms with E-state index in [0.29, 0.717) is 27.2 Å². The van der Waals surface area contributed by atoms with Crippen molar-refractivity contribution >= 4 is 52.4 Å². The van der Waals surface area contributed by atoms with Gasteiger partial charge < -0.3 is 20.1 Å². The van der Waals surface area contributed by atoms with E-state index in [-0.39, 0.29) is 25.2 Å². The SMILES string of the molecule is COc1ccc(Cl)cc1NC(=O)COC(=O)CCCC(=O)Nc1ccccc1Cl. The number of anilines is 2. The van der Waals surface area contributed by atoms with E-state index in [9.17, 15) is 14.4 Å². The third kappa shape index (κ3) is 7.63. The van der Waals surface area contributed by atoms with E-state index >= 15 is 0 Å². The topological polar surface area (TPSA) is 93.7 Å². The molecule has 9 heteroatoms. The fourth-order valence-electron chi connectivity index (χ4n) is 2.35. The number of methoxy groups -OCH3 is 1. The summed E-state index contributed by atoms with van der Waals surface area (Å²) in [5.74, 6) is -0.950. The Morgan fingerprint density at radius 1 is 0.931 bits per heavy atom. The number of halogens is 2. The van der Waals surface area contributed by atoms with E-state index in [0.717, 1.165) is 0 Å². The molecule has 2 rings (SSSR count). The number of esters is 1. The highest BCUT2D eigenvalue weighted by Crippen LogP contribution is 2.27. The average molecular weight is 439 g/mol. The summed E-state index contributed by atoms with van der Waals surface area (Å²) in [6.45, 7) is -0.458. The van der Waals surface area contributed by atoms with E-state index in [1.165, 1.54) is 13.2 Å². The van der Waals surface area contributed by atoms with Gasteiger partial charge in [-0.3, -0.25) is 14.4 Å². The van der Waals surface area contributed by atoms with Gasteiger partial charge in [0.2, 0.25) is 5.91 Å². The molecule has 0 unspecified atom stereocenters. The van der Waals surface area contributed by atoms with Gasteiger partial charge in [0.05, 0.1) is 23.5 Å². The van der Waals surface area contributed by atoms with Crippen molar-refractivity contribution < 1.29 is 23.9 Å². The standard InChI is InChI=1S/C20H20Cl2N2O5/c1-28-17-10-9-13(21)11-16(17)24-19(26)12-29-20(27)8-4-7-18(25)23-15-6-3-2-5-14(15)22/h2-3,5-6,9-11H,4,7-8,12H2,1H3,(H,23,25)(H,24,26). The Hall–Kier alpha value is -2.77. The Morgan fingerprint density at radius 2 is 1.66 bits per heavy atom. The van der Waals surface area contributed by atoms with Crippen LogP contribution in [0.2, 0.25) is 10.0 Å². The number of rotatable bonds is 9. The van der Waals surface area contributed by atoms with Crippen LogP contribution >= 0.6 is 23.2 Å². The maximum Gasteiger partial charge on any atom is 0.306 e. The molecule has 0 aliphatic rings. The van der Waals surface area contributed by atoms with Crippen LogP contribution in [0, 0.1) is 0 Å². The number of hydrogen-bond donors (Lipinski definition) is 2. The molecule has 7 nitrogen and oxygen atoms in total. The largest absolute Gasteiger partial charge is 0.495 e. The zero-order chi connectivity index (χ0) is 21.2. The molecule has 0 bridgehead atoms.